The number of hydrogen-bond acceptors (Lipinski definition) is 2. The second-order valence-corrected chi connectivity index (χ2v) is 7.34. The van der Waals surface area contributed by atoms with Crippen LogP contribution in [-0.2, 0) is 5.41 Å². The molecule has 0 N–H and O–H groups in total. The summed E-state index contributed by atoms with van der Waals surface area (Å²) in [6.07, 6.45) is 6.55. The molecule has 2 nitrogen and oxygen atoms in total. The molecule has 1 aliphatic heterocycles. The summed E-state index contributed by atoms with van der Waals surface area (Å²) in [5.41, 5.74) is 1.79. The van der Waals surface area contributed by atoms with Crippen molar-refractivity contribution < 1.29 is 4.74 Å². The first-order valence-electron chi connectivity index (χ1n) is 8.96. The van der Waals surface area contributed by atoms with Crippen LogP contribution in [0.5, 0.6) is 5.75 Å². The molecule has 2 rings (SSSR count). The van der Waals surface area contributed by atoms with Gasteiger partial charge in [0, 0.05) is 12.0 Å². The van der Waals surface area contributed by atoms with Gasteiger partial charge in [0.15, 0.2) is 0 Å². The number of hydrogen-bond donors (Lipinski definition) is 0. The van der Waals surface area contributed by atoms with Gasteiger partial charge in [-0.2, -0.15) is 0 Å². The molecule has 124 valence electrons. The number of methoxy groups -OCH3 is 1. The van der Waals surface area contributed by atoms with Crippen LogP contribution in [0.4, 0.5) is 0 Å². The second kappa shape index (κ2) is 8.01. The maximum atomic E-state index is 5.46. The van der Waals surface area contributed by atoms with E-state index < -0.39 is 0 Å². The Bertz CT molecular complexity index is 457. The first kappa shape index (κ1) is 17.3. The van der Waals surface area contributed by atoms with E-state index in [0.29, 0.717) is 5.41 Å². The Morgan fingerprint density at radius 1 is 1.27 bits per heavy atom. The Balaban J connectivity index is 2.15. The average Bonchev–Trinajstić information content (AvgIpc) is 2.91. The van der Waals surface area contributed by atoms with Gasteiger partial charge >= 0.3 is 0 Å². The van der Waals surface area contributed by atoms with Gasteiger partial charge in [-0.05, 0) is 56.0 Å². The lowest BCUT2D eigenvalue weighted by molar-refractivity contribution is 0.281. The van der Waals surface area contributed by atoms with Crippen LogP contribution in [0, 0.1) is 5.92 Å². The molecule has 1 heterocycles. The van der Waals surface area contributed by atoms with Gasteiger partial charge in [0.25, 0.3) is 0 Å². The summed E-state index contributed by atoms with van der Waals surface area (Å²) in [5.74, 6) is 1.71. The summed E-state index contributed by atoms with van der Waals surface area (Å²) < 4.78 is 5.46. The van der Waals surface area contributed by atoms with E-state index in [1.54, 1.807) is 7.11 Å². The topological polar surface area (TPSA) is 12.5 Å². The summed E-state index contributed by atoms with van der Waals surface area (Å²) in [4.78, 5) is 2.68. The fourth-order valence-corrected chi connectivity index (χ4v) is 3.99. The van der Waals surface area contributed by atoms with Crippen molar-refractivity contribution in [3.63, 3.8) is 0 Å². The summed E-state index contributed by atoms with van der Waals surface area (Å²) in [5, 5.41) is 0. The lowest BCUT2D eigenvalue weighted by Gasteiger charge is -2.32. The number of benzene rings is 1. The van der Waals surface area contributed by atoms with Crippen LogP contribution in [0.15, 0.2) is 24.3 Å². The molecule has 1 aromatic carbocycles. The molecule has 22 heavy (non-hydrogen) atoms. The van der Waals surface area contributed by atoms with Crippen LogP contribution in [0.1, 0.15) is 58.4 Å². The van der Waals surface area contributed by atoms with Crippen molar-refractivity contribution in [3.05, 3.63) is 29.8 Å². The number of rotatable bonds is 8. The Kier molecular flexibility index (Phi) is 6.31. The van der Waals surface area contributed by atoms with Crippen molar-refractivity contribution in [2.45, 2.75) is 58.3 Å². The molecule has 0 bridgehead atoms. The lowest BCUT2D eigenvalue weighted by Crippen LogP contribution is -2.33. The molecular formula is C20H33NO. The molecular weight excluding hydrogens is 270 g/mol. The predicted octanol–water partition coefficient (Wildman–Crippen LogP) is 4.88. The van der Waals surface area contributed by atoms with Crippen LogP contribution >= 0.6 is 0 Å². The van der Waals surface area contributed by atoms with Gasteiger partial charge in [-0.25, -0.2) is 0 Å². The third-order valence-electron chi connectivity index (χ3n) is 4.99. The highest BCUT2D eigenvalue weighted by molar-refractivity contribution is 5.35. The first-order chi connectivity index (χ1) is 10.6. The van der Waals surface area contributed by atoms with Crippen LogP contribution < -0.4 is 4.74 Å². The lowest BCUT2D eigenvalue weighted by atomic mass is 9.73. The molecule has 0 unspecified atom stereocenters. The van der Waals surface area contributed by atoms with Crippen LogP contribution in [-0.4, -0.2) is 31.6 Å². The van der Waals surface area contributed by atoms with Crippen LogP contribution in [0.3, 0.4) is 0 Å². The highest BCUT2D eigenvalue weighted by Crippen LogP contribution is 2.41. The van der Waals surface area contributed by atoms with E-state index in [9.17, 15) is 0 Å². The highest BCUT2D eigenvalue weighted by atomic mass is 16.5. The van der Waals surface area contributed by atoms with Gasteiger partial charge < -0.3 is 9.64 Å². The van der Waals surface area contributed by atoms with Crippen LogP contribution in [0.25, 0.3) is 0 Å². The van der Waals surface area contributed by atoms with E-state index in [4.69, 9.17) is 4.74 Å². The number of unbranched alkanes of at least 4 members (excludes halogenated alkanes) is 2. The van der Waals surface area contributed by atoms with E-state index in [2.05, 4.69) is 49.9 Å². The molecule has 1 saturated heterocycles. The maximum absolute atomic E-state index is 5.46. The number of ether oxygens (including phenoxy) is 1. The molecule has 0 saturated carbocycles. The number of likely N-dealkylation sites (tertiary alicyclic amines) is 1. The Morgan fingerprint density at radius 2 is 2.09 bits per heavy atom. The molecule has 0 aliphatic carbocycles. The minimum atomic E-state index is 0.314. The molecule has 0 radical (unpaired) electrons. The SMILES string of the molecule is CCCCCN1CC[C@@](CC(C)C)(c2cccc(OC)c2)C1. The molecule has 1 aliphatic rings. The van der Waals surface area contributed by atoms with Crippen molar-refractivity contribution in [2.75, 3.05) is 26.7 Å². The van der Waals surface area contributed by atoms with Gasteiger partial charge in [0.2, 0.25) is 0 Å². The summed E-state index contributed by atoms with van der Waals surface area (Å²) in [7, 11) is 1.76. The monoisotopic (exact) mass is 303 g/mol. The molecule has 1 atom stereocenters. The fourth-order valence-electron chi connectivity index (χ4n) is 3.99. The van der Waals surface area contributed by atoms with Crippen molar-refractivity contribution >= 4 is 0 Å². The minimum absolute atomic E-state index is 0.314. The Labute approximate surface area is 136 Å². The third-order valence-corrected chi connectivity index (χ3v) is 4.99. The molecule has 0 spiro atoms. The van der Waals surface area contributed by atoms with Gasteiger partial charge in [-0.15, -0.1) is 0 Å². The predicted molar refractivity (Wildman–Crippen MR) is 94.7 cm³/mol. The van der Waals surface area contributed by atoms with Gasteiger partial charge in [-0.3, -0.25) is 0 Å². The average molecular weight is 303 g/mol. The summed E-state index contributed by atoms with van der Waals surface area (Å²) in [6, 6.07) is 8.77. The smallest absolute Gasteiger partial charge is 0.119 e. The van der Waals surface area contributed by atoms with Gasteiger partial charge in [0.05, 0.1) is 7.11 Å². The Morgan fingerprint density at radius 3 is 2.77 bits per heavy atom. The minimum Gasteiger partial charge on any atom is -0.497 e. The summed E-state index contributed by atoms with van der Waals surface area (Å²) >= 11 is 0. The highest BCUT2D eigenvalue weighted by Gasteiger charge is 2.39. The van der Waals surface area contributed by atoms with Crippen LogP contribution in [0.2, 0.25) is 0 Å². The standard InChI is InChI=1S/C20H33NO/c1-5-6-7-12-21-13-11-20(16-21,15-17(2)3)18-9-8-10-19(14-18)22-4/h8-10,14,17H,5-7,11-13,15-16H2,1-4H3/t20-/m0/s1. The molecule has 2 heteroatoms. The van der Waals surface area contributed by atoms with Crippen molar-refractivity contribution in [1.29, 1.82) is 0 Å². The number of nitrogens with zero attached hydrogens (tertiary/aromatic N) is 1. The van der Waals surface area contributed by atoms with Gasteiger partial charge in [0.1, 0.15) is 5.75 Å². The van der Waals surface area contributed by atoms with E-state index in [1.165, 1.54) is 57.3 Å². The Hall–Kier alpha value is -1.02. The van der Waals surface area contributed by atoms with E-state index in [0.717, 1.165) is 11.7 Å². The zero-order chi connectivity index (χ0) is 16.0. The molecule has 1 fully saturated rings. The quantitative estimate of drug-likeness (QED) is 0.635. The normalized spacial score (nSPS) is 22.4. The fraction of sp³-hybridized carbons (Fsp3) is 0.700. The van der Waals surface area contributed by atoms with Crippen molar-refractivity contribution in [1.82, 2.24) is 4.90 Å². The second-order valence-electron chi connectivity index (χ2n) is 7.34. The first-order valence-corrected chi connectivity index (χ1v) is 8.96. The molecule has 0 amide bonds. The third kappa shape index (κ3) is 4.25. The maximum Gasteiger partial charge on any atom is 0.119 e. The molecule has 0 aromatic heterocycles. The van der Waals surface area contributed by atoms with E-state index in [-0.39, 0.29) is 0 Å². The largest absolute Gasteiger partial charge is 0.497 e. The van der Waals surface area contributed by atoms with Crippen molar-refractivity contribution in [2.24, 2.45) is 5.92 Å². The zero-order valence-electron chi connectivity index (χ0n) is 14.9. The van der Waals surface area contributed by atoms with E-state index >= 15 is 0 Å². The molecule has 1 aromatic rings. The van der Waals surface area contributed by atoms with Gasteiger partial charge in [-0.1, -0.05) is 45.7 Å². The summed E-state index contributed by atoms with van der Waals surface area (Å²) in [6.45, 7) is 10.7. The zero-order valence-corrected chi connectivity index (χ0v) is 14.9. The van der Waals surface area contributed by atoms with Crippen molar-refractivity contribution in [3.8, 4) is 5.75 Å². The van der Waals surface area contributed by atoms with E-state index in [1.807, 2.05) is 0 Å².